The van der Waals surface area contributed by atoms with Gasteiger partial charge in [0.2, 0.25) is 5.69 Å². The van der Waals surface area contributed by atoms with Gasteiger partial charge in [-0.3, -0.25) is 4.79 Å². The molecule has 3 aromatic rings. The van der Waals surface area contributed by atoms with Crippen molar-refractivity contribution in [3.63, 3.8) is 0 Å². The Bertz CT molecular complexity index is 868. The summed E-state index contributed by atoms with van der Waals surface area (Å²) in [6, 6.07) is 16.1. The minimum Gasteiger partial charge on any atom is -0.539 e. The number of hydrogen-bond donors (Lipinski definition) is 0. The van der Waals surface area contributed by atoms with Gasteiger partial charge in [0.25, 0.3) is 5.78 Å². The SMILES string of the molecule is COc1ccc(-[n+]2noc([O-])c2C(=O)/C=C/c2ccccc2)cc1. The van der Waals surface area contributed by atoms with Crippen LogP contribution in [0, 0.1) is 0 Å². The molecule has 6 nitrogen and oxygen atoms in total. The number of allylic oxidation sites excluding steroid dienone is 1. The van der Waals surface area contributed by atoms with Crippen LogP contribution in [0.3, 0.4) is 0 Å². The average Bonchev–Trinajstić information content (AvgIpc) is 3.02. The number of carbonyl (C=O) groups is 1. The van der Waals surface area contributed by atoms with Crippen LogP contribution < -0.4 is 14.5 Å². The van der Waals surface area contributed by atoms with Crippen LogP contribution in [0.4, 0.5) is 0 Å². The Labute approximate surface area is 138 Å². The van der Waals surface area contributed by atoms with Gasteiger partial charge in [0.05, 0.1) is 12.4 Å². The topological polar surface area (TPSA) is 79.3 Å². The quantitative estimate of drug-likeness (QED) is 0.407. The average molecular weight is 322 g/mol. The van der Waals surface area contributed by atoms with Gasteiger partial charge in [-0.25, -0.2) is 0 Å². The molecule has 2 aromatic carbocycles. The Kier molecular flexibility index (Phi) is 4.38. The second kappa shape index (κ2) is 6.78. The highest BCUT2D eigenvalue weighted by Crippen LogP contribution is 2.15. The van der Waals surface area contributed by atoms with E-state index >= 15 is 0 Å². The molecule has 0 saturated heterocycles. The van der Waals surface area contributed by atoms with Crippen molar-refractivity contribution >= 4 is 11.9 Å². The Morgan fingerprint density at radius 1 is 1.17 bits per heavy atom. The summed E-state index contributed by atoms with van der Waals surface area (Å²) in [4.78, 5) is 12.4. The van der Waals surface area contributed by atoms with Crippen LogP contribution >= 0.6 is 0 Å². The molecule has 0 bridgehead atoms. The fourth-order valence-corrected chi connectivity index (χ4v) is 2.17. The number of benzene rings is 2. The predicted octanol–water partition coefficient (Wildman–Crippen LogP) is 1.93. The minimum absolute atomic E-state index is 0.160. The van der Waals surface area contributed by atoms with Crippen LogP contribution in [0.15, 0.2) is 65.2 Å². The molecular formula is C18H14N2O4. The maximum atomic E-state index is 12.4. The zero-order chi connectivity index (χ0) is 16.9. The molecular weight excluding hydrogens is 308 g/mol. The van der Waals surface area contributed by atoms with Gasteiger partial charge in [0.15, 0.2) is 5.95 Å². The fourth-order valence-electron chi connectivity index (χ4n) is 2.17. The lowest BCUT2D eigenvalue weighted by Crippen LogP contribution is -2.38. The van der Waals surface area contributed by atoms with E-state index in [1.54, 1.807) is 37.5 Å². The van der Waals surface area contributed by atoms with E-state index in [0.717, 1.165) is 5.56 Å². The molecule has 0 atom stereocenters. The summed E-state index contributed by atoms with van der Waals surface area (Å²) in [6.07, 6.45) is 2.95. The van der Waals surface area contributed by atoms with Crippen LogP contribution in [0.1, 0.15) is 16.1 Å². The number of carbonyl (C=O) groups excluding carboxylic acids is 1. The Balaban J connectivity index is 1.91. The molecule has 1 heterocycles. The standard InChI is InChI=1S/C18H14N2O4/c1-23-15-10-8-14(9-11-15)20-17(18(22)24-19-20)16(21)12-7-13-5-3-2-4-6-13/h2-12H,1H3/b12-7+. The zero-order valence-corrected chi connectivity index (χ0v) is 12.9. The van der Waals surface area contributed by atoms with Gasteiger partial charge in [-0.15, -0.1) is 0 Å². The van der Waals surface area contributed by atoms with Crippen molar-refractivity contribution < 1.29 is 23.8 Å². The Hall–Kier alpha value is -3.41. The Morgan fingerprint density at radius 3 is 2.54 bits per heavy atom. The number of ether oxygens (including phenoxy) is 1. The number of aromatic nitrogens is 2. The van der Waals surface area contributed by atoms with E-state index in [2.05, 4.69) is 9.79 Å². The van der Waals surface area contributed by atoms with Crippen LogP contribution in [0.5, 0.6) is 11.7 Å². The van der Waals surface area contributed by atoms with Gasteiger partial charge in [-0.05, 0) is 28.5 Å². The lowest BCUT2D eigenvalue weighted by Gasteiger charge is -1.98. The third kappa shape index (κ3) is 3.17. The van der Waals surface area contributed by atoms with Crippen LogP contribution in [-0.4, -0.2) is 18.2 Å². The monoisotopic (exact) mass is 322 g/mol. The molecule has 0 radical (unpaired) electrons. The van der Waals surface area contributed by atoms with Crippen LogP contribution in [-0.2, 0) is 0 Å². The van der Waals surface area contributed by atoms with Crippen LogP contribution in [0.25, 0.3) is 11.8 Å². The molecule has 120 valence electrons. The fraction of sp³-hybridized carbons (Fsp3) is 0.0556. The molecule has 0 N–H and O–H groups in total. The number of nitrogens with zero attached hydrogens (tertiary/aromatic N) is 2. The molecule has 0 spiro atoms. The summed E-state index contributed by atoms with van der Waals surface area (Å²) < 4.78 is 10.9. The molecule has 0 aliphatic heterocycles. The summed E-state index contributed by atoms with van der Waals surface area (Å²) >= 11 is 0. The molecule has 24 heavy (non-hydrogen) atoms. The molecule has 6 heteroatoms. The largest absolute Gasteiger partial charge is 0.539 e. The number of rotatable bonds is 5. The van der Waals surface area contributed by atoms with Crippen molar-refractivity contribution in [2.45, 2.75) is 0 Å². The third-order valence-corrected chi connectivity index (χ3v) is 3.39. The second-order valence-electron chi connectivity index (χ2n) is 4.93. The normalized spacial score (nSPS) is 10.9. The van der Waals surface area contributed by atoms with E-state index in [0.29, 0.717) is 11.4 Å². The molecule has 0 saturated carbocycles. The maximum absolute atomic E-state index is 12.4. The number of hydrogen-bond acceptors (Lipinski definition) is 5. The maximum Gasteiger partial charge on any atom is 0.310 e. The van der Waals surface area contributed by atoms with E-state index in [1.165, 1.54) is 10.8 Å². The first-order chi connectivity index (χ1) is 11.7. The molecule has 0 fully saturated rings. The first kappa shape index (κ1) is 15.5. The molecule has 0 unspecified atom stereocenters. The van der Waals surface area contributed by atoms with Gasteiger partial charge >= 0.3 is 5.69 Å². The molecule has 0 aliphatic rings. The van der Waals surface area contributed by atoms with Crippen LogP contribution in [0.2, 0.25) is 0 Å². The summed E-state index contributed by atoms with van der Waals surface area (Å²) in [6.45, 7) is 0. The zero-order valence-electron chi connectivity index (χ0n) is 12.9. The van der Waals surface area contributed by atoms with Gasteiger partial charge in [0, 0.05) is 12.1 Å². The summed E-state index contributed by atoms with van der Waals surface area (Å²) in [5.74, 6) is -0.614. The number of methoxy groups -OCH3 is 1. The summed E-state index contributed by atoms with van der Waals surface area (Å²) in [5, 5.41) is 15.5. The van der Waals surface area contributed by atoms with E-state index in [9.17, 15) is 9.90 Å². The van der Waals surface area contributed by atoms with Crippen molar-refractivity contribution in [1.29, 1.82) is 0 Å². The van der Waals surface area contributed by atoms with Crippen molar-refractivity contribution in [3.8, 4) is 17.4 Å². The molecule has 3 rings (SSSR count). The number of ketones is 1. The van der Waals surface area contributed by atoms with E-state index in [-0.39, 0.29) is 5.69 Å². The highest BCUT2D eigenvalue weighted by Gasteiger charge is 2.25. The van der Waals surface area contributed by atoms with E-state index in [4.69, 9.17) is 4.74 Å². The second-order valence-corrected chi connectivity index (χ2v) is 4.93. The molecule has 1 aromatic heterocycles. The van der Waals surface area contributed by atoms with Crippen molar-refractivity contribution in [3.05, 3.63) is 71.9 Å². The molecule has 0 aliphatic carbocycles. The van der Waals surface area contributed by atoms with E-state index < -0.39 is 11.7 Å². The summed E-state index contributed by atoms with van der Waals surface area (Å²) in [5.41, 5.74) is 1.22. The van der Waals surface area contributed by atoms with Gasteiger partial charge in [0.1, 0.15) is 5.75 Å². The smallest absolute Gasteiger partial charge is 0.310 e. The van der Waals surface area contributed by atoms with Gasteiger partial charge in [-0.2, -0.15) is 0 Å². The Morgan fingerprint density at radius 2 is 1.88 bits per heavy atom. The van der Waals surface area contributed by atoms with Gasteiger partial charge < -0.3 is 14.4 Å². The predicted molar refractivity (Wildman–Crippen MR) is 83.8 cm³/mol. The lowest BCUT2D eigenvalue weighted by molar-refractivity contribution is -0.672. The third-order valence-electron chi connectivity index (χ3n) is 3.39. The highest BCUT2D eigenvalue weighted by atomic mass is 16.6. The highest BCUT2D eigenvalue weighted by molar-refractivity contribution is 6.05. The van der Waals surface area contributed by atoms with Crippen molar-refractivity contribution in [2.24, 2.45) is 0 Å². The van der Waals surface area contributed by atoms with Crippen molar-refractivity contribution in [1.82, 2.24) is 5.27 Å². The summed E-state index contributed by atoms with van der Waals surface area (Å²) in [7, 11) is 1.55. The van der Waals surface area contributed by atoms with Crippen molar-refractivity contribution in [2.75, 3.05) is 7.11 Å². The lowest BCUT2D eigenvalue weighted by atomic mass is 10.2. The van der Waals surface area contributed by atoms with E-state index in [1.807, 2.05) is 30.3 Å². The molecule has 0 amide bonds. The van der Waals surface area contributed by atoms with Gasteiger partial charge in [-0.1, -0.05) is 36.4 Å². The first-order valence-electron chi connectivity index (χ1n) is 7.20. The first-order valence-corrected chi connectivity index (χ1v) is 7.20. The minimum atomic E-state index is -0.784.